The number of benzene rings is 4. The number of alkyl halides is 6. The number of carboxylic acids is 1. The Bertz CT molecular complexity index is 4160. The van der Waals surface area contributed by atoms with Gasteiger partial charge in [-0.3, -0.25) is 24.0 Å². The number of nitrogens with one attached hydrogen (secondary N) is 1. The van der Waals surface area contributed by atoms with E-state index in [0.29, 0.717) is 59.0 Å². The third kappa shape index (κ3) is 22.6. The Morgan fingerprint density at radius 1 is 0.562 bits per heavy atom. The molecule has 2 unspecified atom stereocenters. The third-order valence-corrected chi connectivity index (χ3v) is 18.3. The molecule has 0 spiro atoms. The van der Waals surface area contributed by atoms with Crippen LogP contribution in [0.15, 0.2) is 70.5 Å². The molecule has 8 rings (SSSR count). The molecule has 0 aliphatic carbocycles. The standard InChI is InChI=1S/C38H46F5N3O5.C21H25F2NO3.C17H23F3N2O3.2H2S/c1-8-51-32(48)19-28(34-35(39)23(5)17-26(36(34)40)33-22(4)10-11-30(50-7)24(33)6)44-37(49)29(16-21(2)3)46-20-25(12-15-45-13-9-14-45)27(18-31(46)47)38(41,42)43;1-6-27-17(25)10-15(24)19-20(22)12(3)9-14(21(19)23)18-11(2)7-8-16(26-5)13(18)4;1-11(2)8-14(16(24)25)22-10-12(4-7-21-5-3-6-21)13(9-15(22)23)17(18,19)20;;/h10-11,17-18,20-21,28-29H,8-9,12-16,19H2,1-7H3,(H,44,49);7-9,15H,6,10,24H2,1-5H3;9-11,14H,3-8H2,1-2H3,(H,24,25);2*1H2/t28-,29?;15-;;;/m00.../s1. The van der Waals surface area contributed by atoms with Crippen LogP contribution in [0.1, 0.15) is 171 Å². The topological polar surface area (TPSA) is 214 Å². The van der Waals surface area contributed by atoms with Gasteiger partial charge in [-0.25, -0.2) is 22.4 Å². The molecule has 4 N–H and O–H groups in total. The fourth-order valence-corrected chi connectivity index (χ4v) is 12.8. The van der Waals surface area contributed by atoms with Crippen LogP contribution in [0.5, 0.6) is 11.5 Å². The number of aromatic nitrogens is 2. The second kappa shape index (κ2) is 39.1. The van der Waals surface area contributed by atoms with Gasteiger partial charge < -0.3 is 54.0 Å². The van der Waals surface area contributed by atoms with Gasteiger partial charge in [0, 0.05) is 65.9 Å². The third-order valence-electron chi connectivity index (χ3n) is 18.3. The maximum atomic E-state index is 16.8. The van der Waals surface area contributed by atoms with E-state index in [-0.39, 0.29) is 123 Å². The molecule has 6 aromatic rings. The molecule has 580 valence electrons. The van der Waals surface area contributed by atoms with Gasteiger partial charge in [0.15, 0.2) is 0 Å². The Morgan fingerprint density at radius 3 is 1.30 bits per heavy atom. The number of carbonyl (C=O) groups is 4. The molecule has 4 atom stereocenters. The van der Waals surface area contributed by atoms with Crippen molar-refractivity contribution >= 4 is 50.8 Å². The predicted octanol–water partition coefficient (Wildman–Crippen LogP) is 14.9. The molecular weight excluding hydrogens is 1430 g/mol. The van der Waals surface area contributed by atoms with Crippen molar-refractivity contribution in [3.8, 4) is 33.8 Å². The van der Waals surface area contributed by atoms with Crippen molar-refractivity contribution in [1.29, 1.82) is 0 Å². The Hall–Kier alpha value is -7.86. The molecule has 2 aromatic heterocycles. The minimum Gasteiger partial charge on any atom is -0.496 e. The number of hydrogen-bond donors (Lipinski definition) is 3. The van der Waals surface area contributed by atoms with Crippen LogP contribution in [0.2, 0.25) is 0 Å². The summed E-state index contributed by atoms with van der Waals surface area (Å²) in [4.78, 5) is 79.8. The number of aryl methyl sites for hydroxylation is 4. The minimum atomic E-state index is -4.81. The molecule has 1 amide bonds. The highest BCUT2D eigenvalue weighted by atomic mass is 32.1. The Morgan fingerprint density at radius 2 is 0.943 bits per heavy atom. The van der Waals surface area contributed by atoms with E-state index in [9.17, 15) is 64.6 Å². The van der Waals surface area contributed by atoms with E-state index >= 15 is 13.2 Å². The molecule has 0 bridgehead atoms. The number of halogens is 10. The van der Waals surface area contributed by atoms with E-state index in [4.69, 9.17) is 24.7 Å². The number of pyridine rings is 2. The van der Waals surface area contributed by atoms with E-state index in [1.165, 1.54) is 33.3 Å². The molecular formula is C76H98F10N6O11S2. The Balaban J connectivity index is 0.000000364. The van der Waals surface area contributed by atoms with E-state index in [1.54, 1.807) is 80.5 Å². The van der Waals surface area contributed by atoms with Crippen LogP contribution < -0.4 is 31.6 Å². The SMILES string of the molecule is CC(C)CC(C(=O)O)n1cc(CCN2CCC2)c(C(F)(F)F)cc1=O.CCOC(=O)C[C@H](N)c1c(F)c(C)cc(-c2c(C)ccc(OC)c2C)c1F.CCOC(=O)C[C@H](NC(=O)C(CC(C)C)n1cc(CCN2CCC2)c(C(F)(F)F)cc1=O)c1c(F)c(C)cc(-c2c(C)ccc(OC)c2C)c1F.S.S. The highest BCUT2D eigenvalue weighted by Gasteiger charge is 2.39. The van der Waals surface area contributed by atoms with E-state index < -0.39 is 118 Å². The van der Waals surface area contributed by atoms with Gasteiger partial charge in [0.2, 0.25) is 5.91 Å². The largest absolute Gasteiger partial charge is 0.496 e. The average molecular weight is 1530 g/mol. The van der Waals surface area contributed by atoms with Crippen molar-refractivity contribution in [1.82, 2.24) is 24.3 Å². The number of carboxylic acid groups (broad SMARTS) is 1. The van der Waals surface area contributed by atoms with Crippen molar-refractivity contribution in [2.45, 2.75) is 171 Å². The van der Waals surface area contributed by atoms with Crippen molar-refractivity contribution in [3.05, 3.63) is 172 Å². The van der Waals surface area contributed by atoms with Crippen LogP contribution >= 0.6 is 27.0 Å². The molecule has 2 aliphatic rings. The van der Waals surface area contributed by atoms with Crippen molar-refractivity contribution < 1.29 is 87.1 Å². The number of methoxy groups -OCH3 is 2. The lowest BCUT2D eigenvalue weighted by atomic mass is 9.89. The summed E-state index contributed by atoms with van der Waals surface area (Å²) in [6, 6.07) is 5.61. The summed E-state index contributed by atoms with van der Waals surface area (Å²) in [6.45, 7) is 24.6. The van der Waals surface area contributed by atoms with E-state index in [1.807, 2.05) is 29.7 Å². The maximum absolute atomic E-state index is 16.8. The van der Waals surface area contributed by atoms with Gasteiger partial charge >= 0.3 is 30.3 Å². The van der Waals surface area contributed by atoms with Crippen molar-refractivity contribution in [2.24, 2.45) is 17.6 Å². The average Bonchev–Trinajstić information content (AvgIpc) is 0.774. The van der Waals surface area contributed by atoms with Gasteiger partial charge in [0.1, 0.15) is 46.9 Å². The van der Waals surface area contributed by atoms with Gasteiger partial charge in [-0.1, -0.05) is 39.8 Å². The van der Waals surface area contributed by atoms with Crippen molar-refractivity contribution in [2.75, 3.05) is 66.7 Å². The van der Waals surface area contributed by atoms with Gasteiger partial charge in [-0.2, -0.15) is 53.3 Å². The van der Waals surface area contributed by atoms with Crippen LogP contribution in [0.4, 0.5) is 43.9 Å². The molecule has 4 heterocycles. The molecule has 2 aliphatic heterocycles. The summed E-state index contributed by atoms with van der Waals surface area (Å²) < 4.78 is 168. The first kappa shape index (κ1) is 89.5. The quantitative estimate of drug-likeness (QED) is 0.0323. The summed E-state index contributed by atoms with van der Waals surface area (Å²) in [5.41, 5.74) is 5.27. The summed E-state index contributed by atoms with van der Waals surface area (Å²) >= 11 is 0. The van der Waals surface area contributed by atoms with Gasteiger partial charge in [0.25, 0.3) is 11.1 Å². The molecule has 0 radical (unpaired) electrons. The first-order valence-electron chi connectivity index (χ1n) is 34.2. The van der Waals surface area contributed by atoms with E-state index in [2.05, 4.69) is 5.32 Å². The van der Waals surface area contributed by atoms with Crippen LogP contribution in [0, 0.1) is 76.6 Å². The molecule has 4 aromatic carbocycles. The number of nitrogens with zero attached hydrogens (tertiary/aromatic N) is 4. The summed E-state index contributed by atoms with van der Waals surface area (Å²) in [6.07, 6.45) is -5.99. The second-order valence-electron chi connectivity index (χ2n) is 26.9. The molecule has 2 fully saturated rings. The lowest BCUT2D eigenvalue weighted by Gasteiger charge is -2.31. The van der Waals surface area contributed by atoms with Crippen LogP contribution in [-0.4, -0.2) is 115 Å². The maximum Gasteiger partial charge on any atom is 0.416 e. The molecule has 105 heavy (non-hydrogen) atoms. The first-order chi connectivity index (χ1) is 48.3. The smallest absolute Gasteiger partial charge is 0.416 e. The van der Waals surface area contributed by atoms with Crippen LogP contribution in [0.3, 0.4) is 0 Å². The zero-order valence-electron chi connectivity index (χ0n) is 61.7. The zero-order chi connectivity index (χ0) is 76.9. The lowest BCUT2D eigenvalue weighted by molar-refractivity contribution is -0.144. The van der Waals surface area contributed by atoms with Gasteiger partial charge in [-0.15, -0.1) is 0 Å². The fourth-order valence-electron chi connectivity index (χ4n) is 12.8. The Labute approximate surface area is 620 Å². The lowest BCUT2D eigenvalue weighted by Crippen LogP contribution is -2.41. The number of rotatable bonds is 27. The van der Waals surface area contributed by atoms with E-state index in [0.717, 1.165) is 71.7 Å². The predicted molar refractivity (Wildman–Crippen MR) is 392 cm³/mol. The number of hydrogen-bond acceptors (Lipinski definition) is 13. The molecule has 0 saturated carbocycles. The minimum absolute atomic E-state index is 0. The molecule has 29 heteroatoms. The number of carbonyl (C=O) groups excluding carboxylic acids is 3. The second-order valence-corrected chi connectivity index (χ2v) is 26.9. The Kier molecular flexibility index (Phi) is 33.4. The highest BCUT2D eigenvalue weighted by Crippen LogP contribution is 2.42. The van der Waals surface area contributed by atoms with Gasteiger partial charge in [-0.05, 0) is 212 Å². The van der Waals surface area contributed by atoms with Gasteiger partial charge in [0.05, 0.1) is 57.4 Å². The van der Waals surface area contributed by atoms with Crippen LogP contribution in [0.25, 0.3) is 22.3 Å². The number of nitrogens with two attached hydrogens (primary N) is 1. The number of esters is 2. The molecule has 2 saturated heterocycles. The summed E-state index contributed by atoms with van der Waals surface area (Å²) in [7, 11) is 3.00. The fraction of sp³-hybridized carbons (Fsp3) is 0.500. The monoisotopic (exact) mass is 1520 g/mol. The normalized spacial score (nSPS) is 14.2. The molecule has 17 nitrogen and oxygen atoms in total. The summed E-state index contributed by atoms with van der Waals surface area (Å²) in [5, 5.41) is 12.0. The number of likely N-dealkylation sites (tertiary alicyclic amines) is 2. The van der Waals surface area contributed by atoms with Crippen LogP contribution in [-0.2, 0) is 53.8 Å². The number of amides is 1. The zero-order valence-corrected chi connectivity index (χ0v) is 63.7. The number of ether oxygens (including phenoxy) is 4. The first-order valence-corrected chi connectivity index (χ1v) is 34.2. The number of aliphatic carboxylic acids is 1. The summed E-state index contributed by atoms with van der Waals surface area (Å²) in [5.74, 6) is -6.27. The highest BCUT2D eigenvalue weighted by molar-refractivity contribution is 7.59. The van der Waals surface area contributed by atoms with Crippen molar-refractivity contribution in [3.63, 3.8) is 0 Å².